The molecule has 4 heterocycles. The Morgan fingerprint density at radius 1 is 0.629 bits per heavy atom. The molecule has 5 heteroatoms. The van der Waals surface area contributed by atoms with Gasteiger partial charge < -0.3 is 19.3 Å². The van der Waals surface area contributed by atoms with Crippen molar-refractivity contribution >= 4 is 17.3 Å². The van der Waals surface area contributed by atoms with Gasteiger partial charge in [0.25, 0.3) is 0 Å². The van der Waals surface area contributed by atoms with Crippen LogP contribution in [0.5, 0.6) is 11.5 Å². The Labute approximate surface area is 206 Å². The van der Waals surface area contributed by atoms with Crippen LogP contribution in [0.25, 0.3) is 0 Å². The van der Waals surface area contributed by atoms with E-state index in [9.17, 15) is 4.79 Å². The first kappa shape index (κ1) is 20.9. The van der Waals surface area contributed by atoms with Crippen LogP contribution in [0.2, 0.25) is 0 Å². The first-order valence-electron chi connectivity index (χ1n) is 13.0. The second-order valence-electron chi connectivity index (χ2n) is 10.2. The van der Waals surface area contributed by atoms with Crippen LogP contribution in [0.1, 0.15) is 65.6 Å². The van der Waals surface area contributed by atoms with Crippen molar-refractivity contribution in [1.82, 2.24) is 0 Å². The van der Waals surface area contributed by atoms with Gasteiger partial charge in [-0.05, 0) is 68.9 Å². The topological polar surface area (TPSA) is 42.0 Å². The molecule has 0 saturated carbocycles. The van der Waals surface area contributed by atoms with Crippen molar-refractivity contribution in [2.24, 2.45) is 0 Å². The van der Waals surface area contributed by atoms with Crippen molar-refractivity contribution in [2.45, 2.75) is 44.1 Å². The SMILES string of the molecule is O=C1OC2(c3ccc(N4CCCCC4)cc3Oc3cc(N4CCCCC4)ccc32)c2ccccc21. The molecule has 178 valence electrons. The van der Waals surface area contributed by atoms with E-state index in [0.717, 1.165) is 54.4 Å². The third-order valence-corrected chi connectivity index (χ3v) is 8.12. The molecule has 35 heavy (non-hydrogen) atoms. The molecule has 5 nitrogen and oxygen atoms in total. The maximum Gasteiger partial charge on any atom is 0.340 e. The van der Waals surface area contributed by atoms with Crippen LogP contribution >= 0.6 is 0 Å². The Hall–Kier alpha value is -3.47. The largest absolute Gasteiger partial charge is 0.456 e. The molecule has 0 N–H and O–H groups in total. The van der Waals surface area contributed by atoms with E-state index < -0.39 is 5.60 Å². The number of hydrogen-bond acceptors (Lipinski definition) is 5. The van der Waals surface area contributed by atoms with Crippen LogP contribution in [-0.4, -0.2) is 32.1 Å². The van der Waals surface area contributed by atoms with Gasteiger partial charge in [0.2, 0.25) is 0 Å². The molecule has 7 rings (SSSR count). The smallest absolute Gasteiger partial charge is 0.340 e. The predicted molar refractivity (Wildman–Crippen MR) is 137 cm³/mol. The van der Waals surface area contributed by atoms with E-state index >= 15 is 0 Å². The van der Waals surface area contributed by atoms with E-state index in [4.69, 9.17) is 9.47 Å². The van der Waals surface area contributed by atoms with Gasteiger partial charge in [0.1, 0.15) is 11.5 Å². The molecule has 0 aromatic heterocycles. The van der Waals surface area contributed by atoms with E-state index in [-0.39, 0.29) is 5.97 Å². The Morgan fingerprint density at radius 3 is 1.74 bits per heavy atom. The van der Waals surface area contributed by atoms with Gasteiger partial charge in [-0.3, -0.25) is 0 Å². The van der Waals surface area contributed by atoms with Crippen molar-refractivity contribution in [2.75, 3.05) is 36.0 Å². The molecule has 0 bridgehead atoms. The summed E-state index contributed by atoms with van der Waals surface area (Å²) in [5.74, 6) is 1.28. The molecule has 2 saturated heterocycles. The average molecular weight is 467 g/mol. The number of piperidine rings is 2. The van der Waals surface area contributed by atoms with Crippen LogP contribution in [0.3, 0.4) is 0 Å². The number of rotatable bonds is 2. The van der Waals surface area contributed by atoms with Gasteiger partial charge >= 0.3 is 5.97 Å². The molecule has 4 aliphatic rings. The second-order valence-corrected chi connectivity index (χ2v) is 10.2. The quantitative estimate of drug-likeness (QED) is 0.419. The number of hydrogen-bond donors (Lipinski definition) is 0. The minimum atomic E-state index is -0.989. The summed E-state index contributed by atoms with van der Waals surface area (Å²) < 4.78 is 13.0. The van der Waals surface area contributed by atoms with Crippen LogP contribution in [0, 0.1) is 0 Å². The summed E-state index contributed by atoms with van der Waals surface area (Å²) in [6.45, 7) is 4.27. The highest BCUT2D eigenvalue weighted by Gasteiger charge is 2.53. The zero-order chi connectivity index (χ0) is 23.4. The Morgan fingerprint density at radius 2 is 1.17 bits per heavy atom. The molecule has 1 spiro atoms. The lowest BCUT2D eigenvalue weighted by molar-refractivity contribution is 0.0224. The maximum atomic E-state index is 13.1. The average Bonchev–Trinajstić information content (AvgIpc) is 3.22. The minimum absolute atomic E-state index is 0.278. The Balaban J connectivity index is 1.40. The molecule has 3 aromatic rings. The highest BCUT2D eigenvalue weighted by atomic mass is 16.6. The molecule has 0 amide bonds. The highest BCUT2D eigenvalue weighted by molar-refractivity contribution is 5.97. The summed E-state index contributed by atoms with van der Waals surface area (Å²) in [5.41, 5.74) is 4.68. The van der Waals surface area contributed by atoms with Crippen LogP contribution < -0.4 is 14.5 Å². The first-order valence-corrected chi connectivity index (χ1v) is 13.0. The zero-order valence-electron chi connectivity index (χ0n) is 20.0. The number of fused-ring (bicyclic) bond motifs is 6. The summed E-state index contributed by atoms with van der Waals surface area (Å²) in [7, 11) is 0. The van der Waals surface area contributed by atoms with Crippen molar-refractivity contribution < 1.29 is 14.3 Å². The van der Waals surface area contributed by atoms with E-state index in [0.29, 0.717) is 5.56 Å². The van der Waals surface area contributed by atoms with Gasteiger partial charge in [0, 0.05) is 66.4 Å². The molecular weight excluding hydrogens is 436 g/mol. The monoisotopic (exact) mass is 466 g/mol. The Bertz CT molecular complexity index is 1240. The molecule has 3 aromatic carbocycles. The molecule has 0 unspecified atom stereocenters. The van der Waals surface area contributed by atoms with Crippen LogP contribution in [-0.2, 0) is 10.3 Å². The summed E-state index contributed by atoms with van der Waals surface area (Å²) in [4.78, 5) is 18.0. The zero-order valence-corrected chi connectivity index (χ0v) is 20.0. The number of nitrogens with zero attached hydrogens (tertiary/aromatic N) is 2. The van der Waals surface area contributed by atoms with Gasteiger partial charge in [-0.2, -0.15) is 0 Å². The summed E-state index contributed by atoms with van der Waals surface area (Å²) in [5, 5.41) is 0. The fourth-order valence-corrected chi connectivity index (χ4v) is 6.35. The second kappa shape index (κ2) is 8.04. The molecule has 2 fully saturated rings. The Kier molecular flexibility index (Phi) is 4.80. The minimum Gasteiger partial charge on any atom is -0.456 e. The maximum absolute atomic E-state index is 13.1. The van der Waals surface area contributed by atoms with Crippen LogP contribution in [0.4, 0.5) is 11.4 Å². The third-order valence-electron chi connectivity index (χ3n) is 8.12. The molecule has 0 aliphatic carbocycles. The van der Waals surface area contributed by atoms with Gasteiger partial charge in [0.15, 0.2) is 5.60 Å². The number of anilines is 2. The molecule has 4 aliphatic heterocycles. The van der Waals surface area contributed by atoms with Gasteiger partial charge in [-0.1, -0.05) is 18.2 Å². The lowest BCUT2D eigenvalue weighted by Crippen LogP contribution is -2.34. The van der Waals surface area contributed by atoms with E-state index in [1.807, 2.05) is 24.3 Å². The highest BCUT2D eigenvalue weighted by Crippen LogP contribution is 2.57. The van der Waals surface area contributed by atoms with Crippen molar-refractivity contribution in [3.63, 3.8) is 0 Å². The number of benzene rings is 3. The third kappa shape index (κ3) is 3.17. The van der Waals surface area contributed by atoms with Crippen molar-refractivity contribution in [3.8, 4) is 11.5 Å². The first-order chi connectivity index (χ1) is 17.2. The van der Waals surface area contributed by atoms with Gasteiger partial charge in [-0.25, -0.2) is 4.79 Å². The van der Waals surface area contributed by atoms with Crippen molar-refractivity contribution in [3.05, 3.63) is 82.9 Å². The predicted octanol–water partition coefficient (Wildman–Crippen LogP) is 6.24. The number of carbonyl (C=O) groups is 1. The molecule has 0 atom stereocenters. The molecular formula is C30H30N2O3. The van der Waals surface area contributed by atoms with E-state index in [1.165, 1.54) is 49.9 Å². The number of esters is 1. The summed E-state index contributed by atoms with van der Waals surface area (Å²) in [6, 6.07) is 20.6. The standard InChI is InChI=1S/C30H30N2O3/c33-29-23-9-3-4-10-24(23)30(35-29)25-13-11-21(31-15-5-1-6-16-31)19-27(25)34-28-20-22(12-14-26(28)30)32-17-7-2-8-18-32/h3-4,9-14,19-20H,1-2,5-8,15-18H2. The van der Waals surface area contributed by atoms with Gasteiger partial charge in [0.05, 0.1) is 5.56 Å². The summed E-state index contributed by atoms with van der Waals surface area (Å²) in [6.07, 6.45) is 7.45. The van der Waals surface area contributed by atoms with Gasteiger partial charge in [-0.15, -0.1) is 0 Å². The lowest BCUT2D eigenvalue weighted by atomic mass is 9.77. The molecule has 0 radical (unpaired) electrons. The van der Waals surface area contributed by atoms with Crippen LogP contribution in [0.15, 0.2) is 60.7 Å². The van der Waals surface area contributed by atoms with E-state index in [1.54, 1.807) is 0 Å². The van der Waals surface area contributed by atoms with E-state index in [2.05, 4.69) is 46.2 Å². The van der Waals surface area contributed by atoms with Crippen molar-refractivity contribution in [1.29, 1.82) is 0 Å². The fraction of sp³-hybridized carbons (Fsp3) is 0.367. The number of carbonyl (C=O) groups excluding carboxylic acids is 1. The normalized spacial score (nSPS) is 20.1. The number of ether oxygens (including phenoxy) is 2. The fourth-order valence-electron chi connectivity index (χ4n) is 6.35. The summed E-state index contributed by atoms with van der Waals surface area (Å²) >= 11 is 0. The lowest BCUT2D eigenvalue weighted by Gasteiger charge is -2.38.